The van der Waals surface area contributed by atoms with Crippen LogP contribution in [-0.4, -0.2) is 26.5 Å². The summed E-state index contributed by atoms with van der Waals surface area (Å²) in [6.45, 7) is 4.48. The molecule has 0 bridgehead atoms. The van der Waals surface area contributed by atoms with E-state index in [1.807, 2.05) is 16.9 Å². The molecule has 5 heteroatoms. The third-order valence-electron chi connectivity index (χ3n) is 3.12. The lowest BCUT2D eigenvalue weighted by Crippen LogP contribution is -2.05. The number of pyridine rings is 1. The zero-order valence-corrected chi connectivity index (χ0v) is 12.3. The molecule has 110 valence electrons. The number of hydrogen-bond donors (Lipinski definition) is 1. The summed E-state index contributed by atoms with van der Waals surface area (Å²) in [5, 5.41) is 13.2. The summed E-state index contributed by atoms with van der Waals surface area (Å²) in [6, 6.07) is 4.13. The van der Waals surface area contributed by atoms with Crippen molar-refractivity contribution in [3.63, 3.8) is 0 Å². The van der Waals surface area contributed by atoms with E-state index in [0.717, 1.165) is 12.1 Å². The Bertz CT molecular complexity index is 640. The van der Waals surface area contributed by atoms with Crippen LogP contribution in [0, 0.1) is 11.8 Å². The number of nitrogens with zero attached hydrogens (tertiary/aromatic N) is 3. The lowest BCUT2D eigenvalue weighted by Gasteiger charge is -2.08. The lowest BCUT2D eigenvalue weighted by atomic mass is 10.3. The molecular formula is C16H19N3O2. The van der Waals surface area contributed by atoms with Gasteiger partial charge in [0.1, 0.15) is 19.0 Å². The minimum atomic E-state index is -0.169. The first kappa shape index (κ1) is 15.1. The molecule has 0 aliphatic heterocycles. The number of hydrogen-bond acceptors (Lipinski definition) is 4. The number of aromatic nitrogens is 3. The Balaban J connectivity index is 1.98. The average molecular weight is 285 g/mol. The first-order valence-electron chi connectivity index (χ1n) is 6.94. The van der Waals surface area contributed by atoms with E-state index in [4.69, 9.17) is 9.84 Å². The SMILES string of the molecule is CCC(C)n1ccc(COc2cncc(C#CCO)c2)n1. The highest BCUT2D eigenvalue weighted by molar-refractivity contribution is 5.36. The Morgan fingerprint density at radius 1 is 1.43 bits per heavy atom. The fraction of sp³-hybridized carbons (Fsp3) is 0.375. The number of aliphatic hydroxyl groups excluding tert-OH is 1. The smallest absolute Gasteiger partial charge is 0.139 e. The Labute approximate surface area is 124 Å². The maximum absolute atomic E-state index is 8.68. The van der Waals surface area contributed by atoms with Crippen molar-refractivity contribution in [3.05, 3.63) is 42.0 Å². The summed E-state index contributed by atoms with van der Waals surface area (Å²) < 4.78 is 7.62. The predicted molar refractivity (Wildman–Crippen MR) is 79.8 cm³/mol. The molecule has 1 atom stereocenters. The quantitative estimate of drug-likeness (QED) is 0.855. The molecule has 0 spiro atoms. The van der Waals surface area contributed by atoms with Gasteiger partial charge >= 0.3 is 0 Å². The molecule has 1 N–H and O–H groups in total. The van der Waals surface area contributed by atoms with E-state index in [9.17, 15) is 0 Å². The lowest BCUT2D eigenvalue weighted by molar-refractivity contribution is 0.297. The van der Waals surface area contributed by atoms with Crippen molar-refractivity contribution in [2.75, 3.05) is 6.61 Å². The summed E-state index contributed by atoms with van der Waals surface area (Å²) in [4.78, 5) is 4.06. The summed E-state index contributed by atoms with van der Waals surface area (Å²) in [6.07, 6.45) is 6.27. The van der Waals surface area contributed by atoms with E-state index in [1.165, 1.54) is 0 Å². The summed E-state index contributed by atoms with van der Waals surface area (Å²) in [5.74, 6) is 6.02. The van der Waals surface area contributed by atoms with E-state index in [2.05, 4.69) is 35.8 Å². The van der Waals surface area contributed by atoms with Crippen molar-refractivity contribution < 1.29 is 9.84 Å². The zero-order chi connectivity index (χ0) is 15.1. The summed E-state index contributed by atoms with van der Waals surface area (Å²) >= 11 is 0. The topological polar surface area (TPSA) is 60.2 Å². The Morgan fingerprint density at radius 3 is 3.05 bits per heavy atom. The van der Waals surface area contributed by atoms with Gasteiger partial charge in [-0.15, -0.1) is 0 Å². The van der Waals surface area contributed by atoms with E-state index in [1.54, 1.807) is 18.5 Å². The van der Waals surface area contributed by atoms with Crippen molar-refractivity contribution in [2.24, 2.45) is 0 Å². The van der Waals surface area contributed by atoms with Crippen LogP contribution in [0.15, 0.2) is 30.7 Å². The van der Waals surface area contributed by atoms with Crippen molar-refractivity contribution in [3.8, 4) is 17.6 Å². The van der Waals surface area contributed by atoms with Crippen LogP contribution < -0.4 is 4.74 Å². The monoisotopic (exact) mass is 285 g/mol. The van der Waals surface area contributed by atoms with Gasteiger partial charge in [-0.25, -0.2) is 0 Å². The molecule has 5 nitrogen and oxygen atoms in total. The molecule has 2 rings (SSSR count). The Hall–Kier alpha value is -2.32. The van der Waals surface area contributed by atoms with Crippen LogP contribution in [0.1, 0.15) is 37.6 Å². The van der Waals surface area contributed by atoms with Crippen molar-refractivity contribution in [1.29, 1.82) is 0 Å². The van der Waals surface area contributed by atoms with Gasteiger partial charge in [0, 0.05) is 24.0 Å². The number of rotatable bonds is 5. The normalized spacial score (nSPS) is 11.6. The fourth-order valence-electron chi connectivity index (χ4n) is 1.75. The van der Waals surface area contributed by atoms with Crippen LogP contribution in [-0.2, 0) is 6.61 Å². The van der Waals surface area contributed by atoms with Gasteiger partial charge in [-0.3, -0.25) is 9.67 Å². The third kappa shape index (κ3) is 4.33. The van der Waals surface area contributed by atoms with E-state index < -0.39 is 0 Å². The van der Waals surface area contributed by atoms with Crippen molar-refractivity contribution in [2.45, 2.75) is 32.9 Å². The maximum atomic E-state index is 8.68. The first-order valence-corrected chi connectivity index (χ1v) is 6.94. The highest BCUT2D eigenvalue weighted by Gasteiger charge is 2.05. The highest BCUT2D eigenvalue weighted by Crippen LogP contribution is 2.14. The molecule has 2 aromatic rings. The average Bonchev–Trinajstić information content (AvgIpc) is 2.99. The van der Waals surface area contributed by atoms with Crippen LogP contribution >= 0.6 is 0 Å². The largest absolute Gasteiger partial charge is 0.486 e. The Morgan fingerprint density at radius 2 is 2.29 bits per heavy atom. The van der Waals surface area contributed by atoms with E-state index >= 15 is 0 Å². The first-order chi connectivity index (χ1) is 10.2. The van der Waals surface area contributed by atoms with Crippen LogP contribution in [0.3, 0.4) is 0 Å². The molecule has 0 fully saturated rings. The number of ether oxygens (including phenoxy) is 1. The van der Waals surface area contributed by atoms with E-state index in [-0.39, 0.29) is 6.61 Å². The predicted octanol–water partition coefficient (Wildman–Crippen LogP) is 2.17. The molecule has 0 saturated carbocycles. The Kier molecular flexibility index (Phi) is 5.35. The minimum absolute atomic E-state index is 0.169. The highest BCUT2D eigenvalue weighted by atomic mass is 16.5. The standard InChI is InChI=1S/C16H19N3O2/c1-3-13(2)19-7-6-15(18-19)12-21-16-9-14(5-4-8-20)10-17-11-16/h6-7,9-11,13,20H,3,8,12H2,1-2H3. The van der Waals surface area contributed by atoms with Crippen LogP contribution in [0.2, 0.25) is 0 Å². The molecule has 0 aliphatic rings. The molecule has 0 aromatic carbocycles. The molecule has 0 saturated heterocycles. The molecule has 2 heterocycles. The van der Waals surface area contributed by atoms with Crippen LogP contribution in [0.4, 0.5) is 0 Å². The second kappa shape index (κ2) is 7.46. The van der Waals surface area contributed by atoms with Gasteiger partial charge < -0.3 is 9.84 Å². The molecular weight excluding hydrogens is 266 g/mol. The zero-order valence-electron chi connectivity index (χ0n) is 12.3. The second-order valence-electron chi connectivity index (χ2n) is 4.70. The van der Waals surface area contributed by atoms with Gasteiger partial charge in [-0.2, -0.15) is 5.10 Å². The molecule has 0 aliphatic carbocycles. The van der Waals surface area contributed by atoms with Gasteiger partial charge in [0.2, 0.25) is 0 Å². The minimum Gasteiger partial charge on any atom is -0.486 e. The van der Waals surface area contributed by atoms with Crippen LogP contribution in [0.5, 0.6) is 5.75 Å². The van der Waals surface area contributed by atoms with Crippen LogP contribution in [0.25, 0.3) is 0 Å². The molecule has 21 heavy (non-hydrogen) atoms. The van der Waals surface area contributed by atoms with E-state index in [0.29, 0.717) is 24.0 Å². The third-order valence-corrected chi connectivity index (χ3v) is 3.12. The summed E-state index contributed by atoms with van der Waals surface area (Å²) in [7, 11) is 0. The van der Waals surface area contributed by atoms with Gasteiger partial charge in [-0.1, -0.05) is 18.8 Å². The maximum Gasteiger partial charge on any atom is 0.139 e. The van der Waals surface area contributed by atoms with Gasteiger partial charge in [0.05, 0.1) is 11.9 Å². The van der Waals surface area contributed by atoms with Gasteiger partial charge in [0.25, 0.3) is 0 Å². The number of aliphatic hydroxyl groups is 1. The molecule has 1 unspecified atom stereocenters. The molecule has 0 radical (unpaired) electrons. The fourth-order valence-corrected chi connectivity index (χ4v) is 1.75. The van der Waals surface area contributed by atoms with Gasteiger partial charge in [0.15, 0.2) is 0 Å². The van der Waals surface area contributed by atoms with Crippen molar-refractivity contribution in [1.82, 2.24) is 14.8 Å². The molecule has 2 aromatic heterocycles. The summed E-state index contributed by atoms with van der Waals surface area (Å²) in [5.41, 5.74) is 1.59. The van der Waals surface area contributed by atoms with Crippen molar-refractivity contribution >= 4 is 0 Å². The van der Waals surface area contributed by atoms with Gasteiger partial charge in [-0.05, 0) is 25.5 Å². The second-order valence-corrected chi connectivity index (χ2v) is 4.70. The molecule has 0 amide bonds.